The number of aromatic nitrogens is 2. The van der Waals surface area contributed by atoms with Gasteiger partial charge in [-0.25, -0.2) is 14.6 Å². The number of carbonyl (C=O) groups excluding carboxylic acids is 4. The number of nitrogens with one attached hydrogen (secondary N) is 2. The van der Waals surface area contributed by atoms with E-state index in [-0.39, 0.29) is 32.1 Å². The number of carbonyl (C=O) groups is 4. The van der Waals surface area contributed by atoms with E-state index in [1.807, 2.05) is 128 Å². The fourth-order valence-corrected chi connectivity index (χ4v) is 9.55. The highest BCUT2D eigenvalue weighted by Gasteiger charge is 2.41. The number of rotatable bonds is 15. The van der Waals surface area contributed by atoms with E-state index in [9.17, 15) is 19.2 Å². The SMILES string of the molecule is CC(NC(=O)C1CCCN1C(=O)C(Cc1cn(C(c2ccccc2)(c2ccccc2)c2ccccc2)cn1)NC(=O)OCC1c2ccccc2-c2ccccc21)C(=O)OCc1ccccc1. The van der Waals surface area contributed by atoms with Crippen LogP contribution in [0.15, 0.2) is 182 Å². The Balaban J connectivity index is 0.994. The average Bonchev–Trinajstić information content (AvgIpc) is 4.13. The van der Waals surface area contributed by atoms with Crippen LogP contribution in [-0.4, -0.2) is 69.6 Å². The summed E-state index contributed by atoms with van der Waals surface area (Å²) in [5.41, 5.74) is 7.82. The summed E-state index contributed by atoms with van der Waals surface area (Å²) < 4.78 is 13.5. The molecule has 0 bridgehead atoms. The maximum absolute atomic E-state index is 14.9. The number of likely N-dealkylation sites (tertiary alicyclic amines) is 1. The highest BCUT2D eigenvalue weighted by Crippen LogP contribution is 2.45. The molecule has 1 aliphatic carbocycles. The summed E-state index contributed by atoms with van der Waals surface area (Å²) in [4.78, 5) is 62.1. The topological polar surface area (TPSA) is 132 Å². The summed E-state index contributed by atoms with van der Waals surface area (Å²) in [6, 6.07) is 53.0. The lowest BCUT2D eigenvalue weighted by atomic mass is 9.77. The third kappa shape index (κ3) is 8.84. The van der Waals surface area contributed by atoms with Crippen molar-refractivity contribution in [2.75, 3.05) is 13.2 Å². The van der Waals surface area contributed by atoms with Crippen LogP contribution in [0.25, 0.3) is 11.1 Å². The Bertz CT molecular complexity index is 2660. The van der Waals surface area contributed by atoms with E-state index in [2.05, 4.69) is 63.7 Å². The zero-order valence-electron chi connectivity index (χ0n) is 36.7. The van der Waals surface area contributed by atoms with Crippen LogP contribution >= 0.6 is 0 Å². The summed E-state index contributed by atoms with van der Waals surface area (Å²) in [7, 11) is 0. The van der Waals surface area contributed by atoms with Crippen LogP contribution in [0.4, 0.5) is 4.79 Å². The molecular formula is C55H51N5O6. The van der Waals surface area contributed by atoms with E-state index in [0.29, 0.717) is 18.5 Å². The zero-order chi connectivity index (χ0) is 45.5. The van der Waals surface area contributed by atoms with Gasteiger partial charge in [-0.3, -0.25) is 9.59 Å². The van der Waals surface area contributed by atoms with Gasteiger partial charge in [0.2, 0.25) is 11.8 Å². The van der Waals surface area contributed by atoms with Gasteiger partial charge in [0.25, 0.3) is 0 Å². The second-order valence-electron chi connectivity index (χ2n) is 16.8. The van der Waals surface area contributed by atoms with Gasteiger partial charge in [-0.2, -0.15) is 0 Å². The van der Waals surface area contributed by atoms with Crippen molar-refractivity contribution in [2.24, 2.45) is 0 Å². The first-order chi connectivity index (χ1) is 32.3. The number of esters is 1. The molecule has 332 valence electrons. The van der Waals surface area contributed by atoms with Crippen molar-refractivity contribution in [1.29, 1.82) is 0 Å². The third-order valence-corrected chi connectivity index (χ3v) is 12.7. The minimum atomic E-state index is -1.16. The van der Waals surface area contributed by atoms with Gasteiger partial charge in [0, 0.05) is 25.1 Å². The Morgan fingerprint density at radius 1 is 0.682 bits per heavy atom. The summed E-state index contributed by atoms with van der Waals surface area (Å²) in [5.74, 6) is -1.72. The molecule has 2 N–H and O–H groups in total. The summed E-state index contributed by atoms with van der Waals surface area (Å²) in [6.45, 7) is 1.96. The molecule has 11 nitrogen and oxygen atoms in total. The van der Waals surface area contributed by atoms with E-state index in [4.69, 9.17) is 14.5 Å². The highest BCUT2D eigenvalue weighted by atomic mass is 16.5. The molecule has 66 heavy (non-hydrogen) atoms. The molecule has 1 aromatic heterocycles. The molecule has 3 amide bonds. The Morgan fingerprint density at radius 3 is 1.79 bits per heavy atom. The zero-order valence-corrected chi connectivity index (χ0v) is 36.7. The molecule has 11 heteroatoms. The molecule has 3 atom stereocenters. The first kappa shape index (κ1) is 43.5. The fraction of sp³-hybridized carbons (Fsp3) is 0.218. The molecule has 0 spiro atoms. The predicted octanol–water partition coefficient (Wildman–Crippen LogP) is 8.41. The summed E-state index contributed by atoms with van der Waals surface area (Å²) >= 11 is 0. The van der Waals surface area contributed by atoms with Gasteiger partial charge < -0.3 is 29.6 Å². The number of amides is 3. The number of ether oxygens (including phenoxy) is 2. The molecule has 2 aliphatic rings. The van der Waals surface area contributed by atoms with Gasteiger partial charge in [0.05, 0.1) is 12.0 Å². The number of nitrogens with zero attached hydrogens (tertiary/aromatic N) is 3. The quantitative estimate of drug-likeness (QED) is 0.0782. The maximum Gasteiger partial charge on any atom is 0.407 e. The highest BCUT2D eigenvalue weighted by molar-refractivity contribution is 5.93. The molecule has 1 aliphatic heterocycles. The number of hydrogen-bond acceptors (Lipinski definition) is 7. The lowest BCUT2D eigenvalue weighted by molar-refractivity contribution is -0.149. The van der Waals surface area contributed by atoms with Crippen LogP contribution in [0.2, 0.25) is 0 Å². The van der Waals surface area contributed by atoms with E-state index in [0.717, 1.165) is 44.5 Å². The number of alkyl carbamates (subject to hydrolysis) is 1. The van der Waals surface area contributed by atoms with E-state index in [1.54, 1.807) is 13.3 Å². The monoisotopic (exact) mass is 877 g/mol. The molecule has 0 saturated carbocycles. The molecule has 6 aromatic carbocycles. The first-order valence-electron chi connectivity index (χ1n) is 22.4. The smallest absolute Gasteiger partial charge is 0.407 e. The van der Waals surface area contributed by atoms with Gasteiger partial charge in [0.1, 0.15) is 36.9 Å². The Morgan fingerprint density at radius 2 is 1.21 bits per heavy atom. The van der Waals surface area contributed by atoms with Crippen molar-refractivity contribution in [2.45, 2.75) is 62.4 Å². The van der Waals surface area contributed by atoms with Crippen LogP contribution in [0.5, 0.6) is 0 Å². The molecular weight excluding hydrogens is 827 g/mol. The summed E-state index contributed by atoms with van der Waals surface area (Å²) in [6.07, 6.45) is 3.85. The van der Waals surface area contributed by atoms with Crippen LogP contribution in [0.3, 0.4) is 0 Å². The molecule has 9 rings (SSSR count). The second-order valence-corrected chi connectivity index (χ2v) is 16.8. The van der Waals surface area contributed by atoms with Crippen LogP contribution in [-0.2, 0) is 42.4 Å². The largest absolute Gasteiger partial charge is 0.459 e. The van der Waals surface area contributed by atoms with E-state index in [1.165, 1.54) is 4.90 Å². The number of benzene rings is 6. The molecule has 7 aromatic rings. The first-order valence-corrected chi connectivity index (χ1v) is 22.4. The lowest BCUT2D eigenvalue weighted by Crippen LogP contribution is -2.55. The van der Waals surface area contributed by atoms with Crippen molar-refractivity contribution < 1.29 is 28.7 Å². The maximum atomic E-state index is 14.9. The predicted molar refractivity (Wildman–Crippen MR) is 251 cm³/mol. The molecule has 2 heterocycles. The van der Waals surface area contributed by atoms with Gasteiger partial charge in [0.15, 0.2) is 0 Å². The van der Waals surface area contributed by atoms with E-state index >= 15 is 0 Å². The molecule has 0 radical (unpaired) electrons. The normalized spacial score (nSPS) is 15.2. The van der Waals surface area contributed by atoms with Crippen molar-refractivity contribution in [3.63, 3.8) is 0 Å². The second kappa shape index (κ2) is 19.5. The molecule has 1 fully saturated rings. The molecule has 3 unspecified atom stereocenters. The van der Waals surface area contributed by atoms with Crippen molar-refractivity contribution in [1.82, 2.24) is 25.1 Å². The van der Waals surface area contributed by atoms with Gasteiger partial charge in [-0.05, 0) is 64.3 Å². The number of hydrogen-bond donors (Lipinski definition) is 2. The Hall–Kier alpha value is -7.79. The minimum absolute atomic E-state index is 0.00245. The fourth-order valence-electron chi connectivity index (χ4n) is 9.55. The van der Waals surface area contributed by atoms with Gasteiger partial charge in [-0.15, -0.1) is 0 Å². The van der Waals surface area contributed by atoms with Gasteiger partial charge in [-0.1, -0.05) is 170 Å². The standard InChI is InChI=1S/C55H51N5O6/c1-38(53(63)65-35-39-19-6-2-7-20-39)57-51(61)50-31-18-32-60(50)52(62)49(58-54(64)66-36-48-46-29-16-14-27-44(46)45-28-15-17-30-47(45)48)33-43-34-59(37-56-43)55(40-21-8-3-9-22-40,41-23-10-4-11-24-41)42-25-12-5-13-26-42/h2-17,19-30,34,37-38,48-50H,18,31-33,35-36H2,1H3,(H,57,61)(H,58,64). The minimum Gasteiger partial charge on any atom is -0.459 e. The Labute approximate surface area is 384 Å². The summed E-state index contributed by atoms with van der Waals surface area (Å²) in [5, 5.41) is 5.67. The average molecular weight is 878 g/mol. The van der Waals surface area contributed by atoms with Gasteiger partial charge >= 0.3 is 12.1 Å². The van der Waals surface area contributed by atoms with Crippen molar-refractivity contribution in [3.05, 3.63) is 221 Å². The van der Waals surface area contributed by atoms with E-state index < -0.39 is 47.5 Å². The van der Waals surface area contributed by atoms with Crippen molar-refractivity contribution in [3.8, 4) is 11.1 Å². The lowest BCUT2D eigenvalue weighted by Gasteiger charge is -2.37. The van der Waals surface area contributed by atoms with Crippen molar-refractivity contribution >= 4 is 23.9 Å². The number of imidazole rings is 1. The molecule has 1 saturated heterocycles. The third-order valence-electron chi connectivity index (χ3n) is 12.7. The van der Waals surface area contributed by atoms with Crippen LogP contribution in [0.1, 0.15) is 64.8 Å². The van der Waals surface area contributed by atoms with Crippen LogP contribution < -0.4 is 10.6 Å². The Kier molecular flexibility index (Phi) is 12.9. The number of fused-ring (bicyclic) bond motifs is 3. The van der Waals surface area contributed by atoms with Crippen LogP contribution in [0, 0.1) is 0 Å².